The van der Waals surface area contributed by atoms with E-state index in [1.165, 1.54) is 0 Å². The molecule has 2 rings (SSSR count). The van der Waals surface area contributed by atoms with E-state index in [0.29, 0.717) is 0 Å². The van der Waals surface area contributed by atoms with Crippen LogP contribution in [0, 0.1) is 22.7 Å². The second-order valence-electron chi connectivity index (χ2n) is 7.68. The van der Waals surface area contributed by atoms with Gasteiger partial charge in [-0.1, -0.05) is 0 Å². The highest BCUT2D eigenvalue weighted by molar-refractivity contribution is 6.08. The Labute approximate surface area is 164 Å². The fourth-order valence-electron chi connectivity index (χ4n) is 4.01. The van der Waals surface area contributed by atoms with E-state index >= 15 is 0 Å². The molecule has 0 amide bonds. The molecular weight excluding hydrogens is 392 g/mol. The maximum Gasteiger partial charge on any atom is 0.331 e. The fourth-order valence-corrected chi connectivity index (χ4v) is 4.01. The van der Waals surface area contributed by atoms with Gasteiger partial charge in [0.2, 0.25) is 0 Å². The molecule has 11 nitrogen and oxygen atoms in total. The van der Waals surface area contributed by atoms with Crippen LogP contribution in [-0.4, -0.2) is 56.2 Å². The molecule has 2 fully saturated rings. The summed E-state index contributed by atoms with van der Waals surface area (Å²) in [5.41, 5.74) is -4.25. The van der Waals surface area contributed by atoms with Crippen LogP contribution in [0.4, 0.5) is 0 Å². The van der Waals surface area contributed by atoms with Crippen LogP contribution in [0.15, 0.2) is 0 Å². The van der Waals surface area contributed by atoms with Gasteiger partial charge in [0.05, 0.1) is 11.8 Å². The summed E-state index contributed by atoms with van der Waals surface area (Å²) in [6, 6.07) is 0. The molecule has 0 atom stereocenters. The van der Waals surface area contributed by atoms with Crippen molar-refractivity contribution in [3.63, 3.8) is 0 Å². The highest BCUT2D eigenvalue weighted by Crippen LogP contribution is 2.44. The summed E-state index contributed by atoms with van der Waals surface area (Å²) >= 11 is 0. The fraction of sp³-hybridized carbons (Fsp3) is 0.667. The molecule has 0 saturated heterocycles. The van der Waals surface area contributed by atoms with Crippen molar-refractivity contribution in [1.82, 2.24) is 0 Å². The van der Waals surface area contributed by atoms with Crippen molar-refractivity contribution in [1.29, 1.82) is 0 Å². The van der Waals surface area contributed by atoms with Crippen molar-refractivity contribution in [3.8, 4) is 0 Å². The number of esters is 2. The van der Waals surface area contributed by atoms with Gasteiger partial charge in [0.15, 0.2) is 10.8 Å². The van der Waals surface area contributed by atoms with E-state index in [9.17, 15) is 39.0 Å². The Morgan fingerprint density at radius 2 is 0.862 bits per heavy atom. The van der Waals surface area contributed by atoms with Crippen molar-refractivity contribution in [2.24, 2.45) is 22.7 Å². The predicted octanol–water partition coefficient (Wildman–Crippen LogP) is 0.748. The summed E-state index contributed by atoms with van der Waals surface area (Å²) in [7, 11) is 0. The van der Waals surface area contributed by atoms with Gasteiger partial charge in [-0.25, -0.2) is 0 Å². The summed E-state index contributed by atoms with van der Waals surface area (Å²) in [6.45, 7) is 0. The Hall–Kier alpha value is -2.98. The quantitative estimate of drug-likeness (QED) is 0.354. The van der Waals surface area contributed by atoms with E-state index in [1.807, 2.05) is 0 Å². The number of carboxylic acids is 4. The topological polar surface area (TPSA) is 193 Å². The largest absolute Gasteiger partial charge is 0.481 e. The molecule has 0 aromatic heterocycles. The maximum absolute atomic E-state index is 12.6. The Morgan fingerprint density at radius 3 is 1.07 bits per heavy atom. The van der Waals surface area contributed by atoms with E-state index in [4.69, 9.17) is 14.9 Å². The molecule has 2 aliphatic carbocycles. The van der Waals surface area contributed by atoms with Gasteiger partial charge in [-0.3, -0.25) is 28.8 Å². The molecule has 0 heterocycles. The summed E-state index contributed by atoms with van der Waals surface area (Å²) in [4.78, 5) is 70.7. The van der Waals surface area contributed by atoms with Crippen molar-refractivity contribution < 1.29 is 53.9 Å². The zero-order valence-corrected chi connectivity index (χ0v) is 15.5. The van der Waals surface area contributed by atoms with Gasteiger partial charge in [-0.2, -0.15) is 0 Å². The van der Waals surface area contributed by atoms with Gasteiger partial charge < -0.3 is 25.2 Å². The molecule has 0 bridgehead atoms. The molecule has 0 radical (unpaired) electrons. The molecule has 11 heteroatoms. The standard InChI is InChI=1S/C18H22O11/c19-11(20)9-1-5-17(6-2-9,13(23)24)15(27)29-16(28)18(14(25)26)7-3-10(4-8-18)12(21)22/h9-10H,1-8H2,(H,19,20)(H,21,22)(H,23,24)(H,25,26). The van der Waals surface area contributed by atoms with E-state index in [1.54, 1.807) is 0 Å². The van der Waals surface area contributed by atoms with E-state index < -0.39 is 58.5 Å². The molecule has 0 spiro atoms. The second-order valence-corrected chi connectivity index (χ2v) is 7.68. The van der Waals surface area contributed by atoms with Gasteiger partial charge in [-0.05, 0) is 51.4 Å². The number of rotatable bonds is 6. The highest BCUT2D eigenvalue weighted by Gasteiger charge is 2.56. The molecule has 0 aromatic rings. The predicted molar refractivity (Wildman–Crippen MR) is 90.4 cm³/mol. The third-order valence-corrected chi connectivity index (χ3v) is 6.16. The molecule has 0 aliphatic heterocycles. The Morgan fingerprint density at radius 1 is 0.586 bits per heavy atom. The molecule has 0 unspecified atom stereocenters. The first kappa shape index (κ1) is 22.3. The van der Waals surface area contributed by atoms with E-state index in [-0.39, 0.29) is 51.4 Å². The number of carboxylic acid groups (broad SMARTS) is 4. The zero-order valence-electron chi connectivity index (χ0n) is 15.5. The average molecular weight is 414 g/mol. The number of ether oxygens (including phenoxy) is 1. The molecular formula is C18H22O11. The third kappa shape index (κ3) is 4.08. The van der Waals surface area contributed by atoms with Crippen LogP contribution in [0.25, 0.3) is 0 Å². The first-order valence-corrected chi connectivity index (χ1v) is 9.15. The van der Waals surface area contributed by atoms with Crippen LogP contribution >= 0.6 is 0 Å². The Kier molecular flexibility index (Phi) is 6.29. The van der Waals surface area contributed by atoms with Crippen molar-refractivity contribution >= 4 is 35.8 Å². The molecule has 160 valence electrons. The van der Waals surface area contributed by atoms with Crippen LogP contribution in [0.3, 0.4) is 0 Å². The summed E-state index contributed by atoms with van der Waals surface area (Å²) in [5, 5.41) is 37.1. The van der Waals surface area contributed by atoms with E-state index in [0.717, 1.165) is 0 Å². The molecule has 0 aromatic carbocycles. The average Bonchev–Trinajstić information content (AvgIpc) is 2.67. The lowest BCUT2D eigenvalue weighted by atomic mass is 9.69. The van der Waals surface area contributed by atoms with Gasteiger partial charge in [0.25, 0.3) is 0 Å². The van der Waals surface area contributed by atoms with Crippen LogP contribution < -0.4 is 0 Å². The minimum absolute atomic E-state index is 0.102. The minimum Gasteiger partial charge on any atom is -0.481 e. The van der Waals surface area contributed by atoms with E-state index in [2.05, 4.69) is 0 Å². The summed E-state index contributed by atoms with van der Waals surface area (Å²) in [6.07, 6.45) is -1.83. The smallest absolute Gasteiger partial charge is 0.331 e. The lowest BCUT2D eigenvalue weighted by Gasteiger charge is -2.36. The lowest BCUT2D eigenvalue weighted by molar-refractivity contribution is -0.187. The Balaban J connectivity index is 2.17. The van der Waals surface area contributed by atoms with Crippen LogP contribution in [0.1, 0.15) is 51.4 Å². The zero-order chi connectivity index (χ0) is 22.0. The molecule has 2 saturated carbocycles. The maximum atomic E-state index is 12.6. The minimum atomic E-state index is -2.13. The van der Waals surface area contributed by atoms with Crippen molar-refractivity contribution in [2.75, 3.05) is 0 Å². The van der Waals surface area contributed by atoms with Crippen molar-refractivity contribution in [2.45, 2.75) is 51.4 Å². The van der Waals surface area contributed by atoms with Crippen molar-refractivity contribution in [3.05, 3.63) is 0 Å². The molecule has 4 N–H and O–H groups in total. The number of carbonyl (C=O) groups excluding carboxylic acids is 2. The van der Waals surface area contributed by atoms with Gasteiger partial charge in [0, 0.05) is 0 Å². The van der Waals surface area contributed by atoms with Crippen LogP contribution in [0.2, 0.25) is 0 Å². The number of carbonyl (C=O) groups is 6. The first-order chi connectivity index (χ1) is 13.5. The molecule has 2 aliphatic rings. The Bertz CT molecular complexity index is 675. The lowest BCUT2D eigenvalue weighted by Crippen LogP contribution is -2.49. The van der Waals surface area contributed by atoms with Gasteiger partial charge in [0.1, 0.15) is 0 Å². The second kappa shape index (κ2) is 8.18. The van der Waals surface area contributed by atoms with Crippen LogP contribution in [-0.2, 0) is 33.5 Å². The first-order valence-electron chi connectivity index (χ1n) is 9.15. The summed E-state index contributed by atoms with van der Waals surface area (Å²) < 4.78 is 4.72. The number of hydrogen-bond donors (Lipinski definition) is 4. The SMILES string of the molecule is O=C(O)C1CCC(C(=O)O)(C(=O)OC(=O)C2(C(=O)O)CCC(C(=O)O)CC2)CC1. The highest BCUT2D eigenvalue weighted by atomic mass is 16.6. The summed E-state index contributed by atoms with van der Waals surface area (Å²) in [5.74, 6) is -9.84. The van der Waals surface area contributed by atoms with Gasteiger partial charge in [-0.15, -0.1) is 0 Å². The number of hydrogen-bond acceptors (Lipinski definition) is 7. The molecule has 29 heavy (non-hydrogen) atoms. The number of aliphatic carboxylic acids is 4. The third-order valence-electron chi connectivity index (χ3n) is 6.16. The normalized spacial score (nSPS) is 32.0. The van der Waals surface area contributed by atoms with Crippen LogP contribution in [0.5, 0.6) is 0 Å². The monoisotopic (exact) mass is 414 g/mol. The van der Waals surface area contributed by atoms with Gasteiger partial charge >= 0.3 is 35.8 Å².